The van der Waals surface area contributed by atoms with Crippen LogP contribution in [0.15, 0.2) is 55.9 Å². The van der Waals surface area contributed by atoms with Gasteiger partial charge in [-0.15, -0.1) is 6.42 Å². The number of halogens is 2. The molecule has 2 aromatic carbocycles. The van der Waals surface area contributed by atoms with Gasteiger partial charge in [-0.2, -0.15) is 0 Å². The molecule has 3 aromatic rings. The van der Waals surface area contributed by atoms with Crippen molar-refractivity contribution in [3.05, 3.63) is 81.9 Å². The van der Waals surface area contributed by atoms with Gasteiger partial charge in [-0.1, -0.05) is 34.9 Å². The number of benzene rings is 2. The maximum Gasteiger partial charge on any atom is 0.338 e. The Hall–Kier alpha value is -3.52. The van der Waals surface area contributed by atoms with Crippen LogP contribution in [0.3, 0.4) is 0 Å². The number of rotatable bonds is 9. The van der Waals surface area contributed by atoms with E-state index in [1.165, 1.54) is 15.9 Å². The van der Waals surface area contributed by atoms with Crippen LogP contribution in [-0.4, -0.2) is 37.5 Å². The molecule has 2 heterocycles. The number of esters is 1. The largest absolute Gasteiger partial charge is 0.496 e. The normalized spacial score (nSPS) is 14.7. The van der Waals surface area contributed by atoms with Crippen LogP contribution in [0.5, 0.6) is 17.2 Å². The average Bonchev–Trinajstić information content (AvgIpc) is 3.21. The third kappa shape index (κ3) is 5.82. The molecule has 0 spiro atoms. The molecule has 0 saturated heterocycles. The van der Waals surface area contributed by atoms with Gasteiger partial charge in [0.2, 0.25) is 0 Å². The summed E-state index contributed by atoms with van der Waals surface area (Å²) in [5.41, 5.74) is 1.75. The van der Waals surface area contributed by atoms with E-state index in [9.17, 15) is 9.59 Å². The van der Waals surface area contributed by atoms with Crippen LogP contribution in [0.2, 0.25) is 5.02 Å². The Balaban J connectivity index is 1.92. The molecule has 1 atom stereocenters. The van der Waals surface area contributed by atoms with Crippen LogP contribution < -0.4 is 29.1 Å². The van der Waals surface area contributed by atoms with Crippen molar-refractivity contribution in [2.45, 2.75) is 26.8 Å². The van der Waals surface area contributed by atoms with Gasteiger partial charge in [0.15, 0.2) is 16.3 Å². The minimum Gasteiger partial charge on any atom is -0.496 e. The Morgan fingerprint density at radius 3 is 2.65 bits per heavy atom. The van der Waals surface area contributed by atoms with E-state index in [0.29, 0.717) is 59.5 Å². The van der Waals surface area contributed by atoms with E-state index >= 15 is 0 Å². The van der Waals surface area contributed by atoms with Crippen LogP contribution in [0.1, 0.15) is 37.9 Å². The van der Waals surface area contributed by atoms with Gasteiger partial charge < -0.3 is 18.9 Å². The molecule has 0 aliphatic carbocycles. The standard InChI is InChI=1S/C29H26BrClN2O6S/c1-6-11-39-26-20(31)12-17(13-22(26)37-7-2)14-23-27(34)33-25(18-9-10-21(36-5)19(30)15-18)24(28(35)38-8-3)16(4)32-29(33)40-23/h1,9-10,12-15,25H,7-8,11H2,2-5H3/b23-14+/t25-/m1/s1. The van der Waals surface area contributed by atoms with Gasteiger partial charge >= 0.3 is 5.97 Å². The molecule has 0 amide bonds. The smallest absolute Gasteiger partial charge is 0.338 e. The van der Waals surface area contributed by atoms with Gasteiger partial charge in [-0.05, 0) is 78.2 Å². The number of fused-ring (bicyclic) bond motifs is 1. The van der Waals surface area contributed by atoms with E-state index in [-0.39, 0.29) is 24.3 Å². The summed E-state index contributed by atoms with van der Waals surface area (Å²) in [6, 6.07) is 8.04. The fraction of sp³-hybridized carbons (Fsp3) is 0.276. The van der Waals surface area contributed by atoms with Crippen LogP contribution in [-0.2, 0) is 9.53 Å². The van der Waals surface area contributed by atoms with Crippen molar-refractivity contribution < 1.29 is 23.7 Å². The van der Waals surface area contributed by atoms with Crippen molar-refractivity contribution in [1.82, 2.24) is 4.57 Å². The monoisotopic (exact) mass is 644 g/mol. The van der Waals surface area contributed by atoms with Gasteiger partial charge in [0.05, 0.1) is 51.7 Å². The summed E-state index contributed by atoms with van der Waals surface area (Å²) in [7, 11) is 1.56. The zero-order chi connectivity index (χ0) is 29.0. The highest BCUT2D eigenvalue weighted by molar-refractivity contribution is 9.10. The molecule has 1 aliphatic heterocycles. The molecule has 208 valence electrons. The Labute approximate surface area is 248 Å². The average molecular weight is 646 g/mol. The first-order chi connectivity index (χ1) is 19.2. The van der Waals surface area contributed by atoms with E-state index in [1.54, 1.807) is 45.2 Å². The Morgan fingerprint density at radius 2 is 2.00 bits per heavy atom. The molecule has 4 rings (SSSR count). The fourth-order valence-electron chi connectivity index (χ4n) is 4.30. The van der Waals surface area contributed by atoms with Crippen LogP contribution >= 0.6 is 38.9 Å². The van der Waals surface area contributed by atoms with Crippen LogP contribution in [0, 0.1) is 12.3 Å². The molecular formula is C29H26BrClN2O6S. The molecule has 0 radical (unpaired) electrons. The number of nitrogens with zero attached hydrogens (tertiary/aromatic N) is 2. The SMILES string of the molecule is C#CCOc1c(Cl)cc(/C=c2/sc3n(c2=O)[C@H](c2ccc(OC)c(Br)c2)C(C(=O)OCC)=C(C)N=3)cc1OCC. The lowest BCUT2D eigenvalue weighted by molar-refractivity contribution is -0.139. The molecule has 0 saturated carbocycles. The van der Waals surface area contributed by atoms with Gasteiger partial charge in [0.25, 0.3) is 5.56 Å². The summed E-state index contributed by atoms with van der Waals surface area (Å²) in [6.45, 7) is 5.89. The van der Waals surface area contributed by atoms with Gasteiger partial charge in [-0.3, -0.25) is 9.36 Å². The molecule has 0 unspecified atom stereocenters. The maximum atomic E-state index is 13.9. The van der Waals surface area contributed by atoms with E-state index in [2.05, 4.69) is 26.8 Å². The maximum absolute atomic E-state index is 13.9. The summed E-state index contributed by atoms with van der Waals surface area (Å²) in [4.78, 5) is 32.1. The first kappa shape index (κ1) is 29.5. The minimum absolute atomic E-state index is 0.0291. The zero-order valence-electron chi connectivity index (χ0n) is 22.2. The Kier molecular flexibility index (Phi) is 9.40. The number of methoxy groups -OCH3 is 1. The summed E-state index contributed by atoms with van der Waals surface area (Å²) in [5, 5.41) is 0.293. The molecule has 1 aromatic heterocycles. The molecular weight excluding hydrogens is 620 g/mol. The van der Waals surface area contributed by atoms with Crippen molar-refractivity contribution in [2.75, 3.05) is 26.9 Å². The van der Waals surface area contributed by atoms with Gasteiger partial charge in [0.1, 0.15) is 12.4 Å². The predicted molar refractivity (Wildman–Crippen MR) is 158 cm³/mol. The molecule has 1 aliphatic rings. The van der Waals surface area contributed by atoms with E-state index in [1.807, 2.05) is 19.1 Å². The van der Waals surface area contributed by atoms with E-state index < -0.39 is 12.0 Å². The van der Waals surface area contributed by atoms with Gasteiger partial charge in [-0.25, -0.2) is 9.79 Å². The quantitative estimate of drug-likeness (QED) is 0.249. The van der Waals surface area contributed by atoms with Crippen molar-refractivity contribution in [3.8, 4) is 29.6 Å². The highest BCUT2D eigenvalue weighted by Crippen LogP contribution is 2.37. The topological polar surface area (TPSA) is 88.4 Å². The third-order valence-electron chi connectivity index (χ3n) is 5.94. The zero-order valence-corrected chi connectivity index (χ0v) is 25.4. The highest BCUT2D eigenvalue weighted by Gasteiger charge is 2.33. The minimum atomic E-state index is -0.762. The number of aromatic nitrogens is 1. The summed E-state index contributed by atoms with van der Waals surface area (Å²) >= 11 is 11.2. The summed E-state index contributed by atoms with van der Waals surface area (Å²) in [5.74, 6) is 3.23. The lowest BCUT2D eigenvalue weighted by atomic mass is 9.96. The Morgan fingerprint density at radius 1 is 1.23 bits per heavy atom. The highest BCUT2D eigenvalue weighted by atomic mass is 79.9. The number of carbonyl (C=O) groups excluding carboxylic acids is 1. The number of ether oxygens (including phenoxy) is 4. The first-order valence-corrected chi connectivity index (χ1v) is 14.3. The Bertz CT molecular complexity index is 1720. The third-order valence-corrected chi connectivity index (χ3v) is 7.82. The molecule has 0 fully saturated rings. The number of terminal acetylenes is 1. The van der Waals surface area contributed by atoms with E-state index in [0.717, 1.165) is 0 Å². The van der Waals surface area contributed by atoms with Crippen molar-refractivity contribution >= 4 is 50.9 Å². The van der Waals surface area contributed by atoms with Gasteiger partial charge in [0, 0.05) is 0 Å². The number of allylic oxidation sites excluding steroid dienone is 1. The number of carbonyl (C=O) groups is 1. The van der Waals surface area contributed by atoms with Crippen LogP contribution in [0.25, 0.3) is 6.08 Å². The fourth-order valence-corrected chi connectivity index (χ4v) is 6.18. The molecule has 8 nitrogen and oxygen atoms in total. The molecule has 0 N–H and O–H groups in total. The van der Waals surface area contributed by atoms with Crippen molar-refractivity contribution in [2.24, 2.45) is 4.99 Å². The predicted octanol–water partition coefficient (Wildman–Crippen LogP) is 4.63. The molecule has 0 bridgehead atoms. The lowest BCUT2D eigenvalue weighted by Crippen LogP contribution is -2.40. The number of hydrogen-bond acceptors (Lipinski definition) is 8. The summed E-state index contributed by atoms with van der Waals surface area (Å²) < 4.78 is 24.6. The number of hydrogen-bond donors (Lipinski definition) is 0. The molecule has 40 heavy (non-hydrogen) atoms. The molecule has 11 heteroatoms. The van der Waals surface area contributed by atoms with Crippen molar-refractivity contribution in [1.29, 1.82) is 0 Å². The van der Waals surface area contributed by atoms with Crippen LogP contribution in [0.4, 0.5) is 0 Å². The van der Waals surface area contributed by atoms with Crippen molar-refractivity contribution in [3.63, 3.8) is 0 Å². The summed E-state index contributed by atoms with van der Waals surface area (Å²) in [6.07, 6.45) is 7.03. The first-order valence-electron chi connectivity index (χ1n) is 12.3. The van der Waals surface area contributed by atoms with E-state index in [4.69, 9.17) is 37.0 Å². The second kappa shape index (κ2) is 12.8. The second-order valence-electron chi connectivity index (χ2n) is 8.45. The second-order valence-corrected chi connectivity index (χ2v) is 10.7. The number of thiazole rings is 1. The lowest BCUT2D eigenvalue weighted by Gasteiger charge is -2.25.